The number of benzene rings is 1. The number of amides is 1. The second kappa shape index (κ2) is 8.32. The van der Waals surface area contributed by atoms with Crippen molar-refractivity contribution in [3.05, 3.63) is 58.3 Å². The molecule has 1 fully saturated rings. The zero-order chi connectivity index (χ0) is 21.4. The number of halogens is 1. The van der Waals surface area contributed by atoms with Crippen molar-refractivity contribution >= 4 is 5.91 Å². The minimum atomic E-state index is -0.425. The number of aliphatic hydroxyl groups is 1. The average molecular weight is 413 g/mol. The van der Waals surface area contributed by atoms with Gasteiger partial charge in [0.15, 0.2) is 0 Å². The maximum Gasteiger partial charge on any atom is 0.258 e. The lowest BCUT2D eigenvalue weighted by Gasteiger charge is -2.30. The Bertz CT molecular complexity index is 1010. The molecule has 6 nitrogen and oxygen atoms in total. The second-order valence-corrected chi connectivity index (χ2v) is 8.10. The lowest BCUT2D eigenvalue weighted by molar-refractivity contribution is -0.127. The van der Waals surface area contributed by atoms with Crippen molar-refractivity contribution in [1.29, 1.82) is 0 Å². The van der Waals surface area contributed by atoms with Crippen LogP contribution in [-0.4, -0.2) is 46.2 Å². The van der Waals surface area contributed by atoms with Crippen LogP contribution in [0.1, 0.15) is 32.0 Å². The van der Waals surface area contributed by atoms with E-state index in [1.807, 2.05) is 13.0 Å². The highest BCUT2D eigenvalue weighted by molar-refractivity contribution is 5.82. The van der Waals surface area contributed by atoms with Gasteiger partial charge in [-0.05, 0) is 38.1 Å². The van der Waals surface area contributed by atoms with Crippen LogP contribution in [0.4, 0.5) is 4.39 Å². The largest absolute Gasteiger partial charge is 0.396 e. The quantitative estimate of drug-likeness (QED) is 0.761. The number of hydrogen-bond donors (Lipinski definition) is 2. The molecule has 0 aliphatic carbocycles. The van der Waals surface area contributed by atoms with Gasteiger partial charge in [0.25, 0.3) is 5.56 Å². The van der Waals surface area contributed by atoms with Gasteiger partial charge in [-0.3, -0.25) is 14.5 Å². The van der Waals surface area contributed by atoms with Gasteiger partial charge < -0.3 is 15.0 Å². The molecule has 30 heavy (non-hydrogen) atoms. The van der Waals surface area contributed by atoms with Crippen molar-refractivity contribution in [2.75, 3.05) is 19.7 Å². The van der Waals surface area contributed by atoms with Crippen LogP contribution in [0, 0.1) is 17.7 Å². The summed E-state index contributed by atoms with van der Waals surface area (Å²) >= 11 is 0. The van der Waals surface area contributed by atoms with Gasteiger partial charge in [0.1, 0.15) is 5.82 Å². The van der Waals surface area contributed by atoms with Crippen LogP contribution in [0.25, 0.3) is 11.1 Å². The molecule has 2 N–H and O–H groups in total. The Hall–Kier alpha value is -2.51. The molecule has 0 spiro atoms. The molecule has 4 rings (SSSR count). The van der Waals surface area contributed by atoms with Crippen molar-refractivity contribution in [1.82, 2.24) is 14.8 Å². The number of nitrogens with one attached hydrogen (secondary N) is 1. The summed E-state index contributed by atoms with van der Waals surface area (Å²) in [5, 5.41) is 13.1. The number of likely N-dealkylation sites (tertiary alicyclic amines) is 1. The lowest BCUT2D eigenvalue weighted by Crippen LogP contribution is -2.48. The minimum Gasteiger partial charge on any atom is -0.396 e. The number of rotatable bonds is 6. The molecule has 3 heterocycles. The summed E-state index contributed by atoms with van der Waals surface area (Å²) in [5.41, 5.74) is 1.23. The van der Waals surface area contributed by atoms with E-state index in [4.69, 9.17) is 0 Å². The lowest BCUT2D eigenvalue weighted by atomic mass is 9.88. The molecular weight excluding hydrogens is 385 g/mol. The standard InChI is InChI=1S/C23H28FN3O3/c1-3-11-26-20-16(17(13-28)21(26)22(29)25-4-2)12-27-19(20)10-9-15(23(27)30)14-7-5-6-8-18(14)24/h5-10,16-17,20-21,28H,3-4,11-13H2,1-2H3,(H,25,29)/t16-,17-,20+,21-/m0/s1. The molecule has 0 unspecified atom stereocenters. The first kappa shape index (κ1) is 20.8. The van der Waals surface area contributed by atoms with Gasteiger partial charge in [0.2, 0.25) is 5.91 Å². The molecule has 1 amide bonds. The number of hydrogen-bond acceptors (Lipinski definition) is 4. The Labute approximate surface area is 175 Å². The van der Waals surface area contributed by atoms with Gasteiger partial charge in [0, 0.05) is 42.8 Å². The number of pyridine rings is 1. The summed E-state index contributed by atoms with van der Waals surface area (Å²) in [6.45, 7) is 5.46. The molecule has 1 saturated heterocycles. The molecule has 0 saturated carbocycles. The van der Waals surface area contributed by atoms with E-state index in [1.165, 1.54) is 6.07 Å². The van der Waals surface area contributed by atoms with E-state index in [2.05, 4.69) is 17.1 Å². The molecule has 7 heteroatoms. The highest BCUT2D eigenvalue weighted by Gasteiger charge is 2.55. The van der Waals surface area contributed by atoms with E-state index in [-0.39, 0.29) is 36.0 Å². The summed E-state index contributed by atoms with van der Waals surface area (Å²) in [4.78, 5) is 28.2. The fourth-order valence-corrected chi connectivity index (χ4v) is 5.29. The highest BCUT2D eigenvalue weighted by atomic mass is 19.1. The highest BCUT2D eigenvalue weighted by Crippen LogP contribution is 2.49. The first-order valence-electron chi connectivity index (χ1n) is 10.7. The zero-order valence-corrected chi connectivity index (χ0v) is 17.3. The smallest absolute Gasteiger partial charge is 0.258 e. The monoisotopic (exact) mass is 413 g/mol. The Morgan fingerprint density at radius 1 is 1.20 bits per heavy atom. The summed E-state index contributed by atoms with van der Waals surface area (Å²) < 4.78 is 16.0. The van der Waals surface area contributed by atoms with E-state index in [1.54, 1.807) is 28.8 Å². The number of carbonyl (C=O) groups excluding carboxylic acids is 1. The molecule has 2 aromatic rings. The van der Waals surface area contributed by atoms with Gasteiger partial charge in [-0.2, -0.15) is 0 Å². The predicted molar refractivity (Wildman–Crippen MR) is 112 cm³/mol. The summed E-state index contributed by atoms with van der Waals surface area (Å²) in [7, 11) is 0. The number of fused-ring (bicyclic) bond motifs is 3. The zero-order valence-electron chi connectivity index (χ0n) is 17.3. The van der Waals surface area contributed by atoms with Gasteiger partial charge in [-0.1, -0.05) is 25.1 Å². The molecule has 2 aliphatic heterocycles. The Balaban J connectivity index is 1.78. The molecule has 4 atom stereocenters. The van der Waals surface area contributed by atoms with Crippen molar-refractivity contribution in [3.8, 4) is 11.1 Å². The fourth-order valence-electron chi connectivity index (χ4n) is 5.29. The van der Waals surface area contributed by atoms with Crippen molar-refractivity contribution in [2.24, 2.45) is 11.8 Å². The van der Waals surface area contributed by atoms with Crippen LogP contribution in [0.15, 0.2) is 41.2 Å². The van der Waals surface area contributed by atoms with E-state index in [0.717, 1.165) is 12.1 Å². The third kappa shape index (κ3) is 3.17. The van der Waals surface area contributed by atoms with Crippen LogP contribution < -0.4 is 10.9 Å². The van der Waals surface area contributed by atoms with Crippen molar-refractivity contribution < 1.29 is 14.3 Å². The van der Waals surface area contributed by atoms with Crippen LogP contribution in [0.5, 0.6) is 0 Å². The van der Waals surface area contributed by atoms with Gasteiger partial charge in [0.05, 0.1) is 17.6 Å². The molecule has 0 radical (unpaired) electrons. The molecule has 1 aromatic carbocycles. The average Bonchev–Trinajstić information content (AvgIpc) is 3.25. The minimum absolute atomic E-state index is 0.0438. The van der Waals surface area contributed by atoms with Gasteiger partial charge in [-0.15, -0.1) is 0 Å². The molecule has 2 aliphatic rings. The number of nitrogens with zero attached hydrogens (tertiary/aromatic N) is 2. The van der Waals surface area contributed by atoms with Crippen molar-refractivity contribution in [3.63, 3.8) is 0 Å². The van der Waals surface area contributed by atoms with E-state index in [9.17, 15) is 19.1 Å². The Morgan fingerprint density at radius 2 is 1.97 bits per heavy atom. The molecular formula is C23H28FN3O3. The first-order valence-corrected chi connectivity index (χ1v) is 10.7. The Kier molecular flexibility index (Phi) is 5.75. The van der Waals surface area contributed by atoms with E-state index < -0.39 is 11.9 Å². The Morgan fingerprint density at radius 3 is 2.63 bits per heavy atom. The van der Waals surface area contributed by atoms with E-state index >= 15 is 0 Å². The summed E-state index contributed by atoms with van der Waals surface area (Å²) in [6.07, 6.45) is 0.856. The molecule has 160 valence electrons. The maximum absolute atomic E-state index is 14.3. The fraction of sp³-hybridized carbons (Fsp3) is 0.478. The van der Waals surface area contributed by atoms with Crippen LogP contribution in [-0.2, 0) is 11.3 Å². The van der Waals surface area contributed by atoms with E-state index in [0.29, 0.717) is 30.8 Å². The van der Waals surface area contributed by atoms with Gasteiger partial charge in [-0.25, -0.2) is 4.39 Å². The van der Waals surface area contributed by atoms with Crippen LogP contribution >= 0.6 is 0 Å². The van der Waals surface area contributed by atoms with Crippen molar-refractivity contribution in [2.45, 2.75) is 38.9 Å². The number of aliphatic hydroxyl groups excluding tert-OH is 1. The maximum atomic E-state index is 14.3. The van der Waals surface area contributed by atoms with Crippen LogP contribution in [0.2, 0.25) is 0 Å². The third-order valence-electron chi connectivity index (χ3n) is 6.46. The number of aromatic nitrogens is 1. The summed E-state index contributed by atoms with van der Waals surface area (Å²) in [5.74, 6) is -0.802. The molecule has 1 aromatic heterocycles. The molecule has 0 bridgehead atoms. The first-order chi connectivity index (χ1) is 14.5. The SMILES string of the molecule is CCCN1[C@H](C(=O)NCC)[C@@H](CO)[C@@H]2Cn3c(ccc(-c4ccccc4F)c3=O)[C@@H]21. The topological polar surface area (TPSA) is 74.6 Å². The normalized spacial score (nSPS) is 25.2. The number of carbonyl (C=O) groups is 1. The second-order valence-electron chi connectivity index (χ2n) is 8.10. The van der Waals surface area contributed by atoms with Crippen LogP contribution in [0.3, 0.4) is 0 Å². The third-order valence-corrected chi connectivity index (χ3v) is 6.46. The van der Waals surface area contributed by atoms with Gasteiger partial charge >= 0.3 is 0 Å². The number of likely N-dealkylation sites (N-methyl/N-ethyl adjacent to an activating group) is 1. The predicted octanol–water partition coefficient (Wildman–Crippen LogP) is 2.16. The summed E-state index contributed by atoms with van der Waals surface area (Å²) in [6, 6.07) is 9.31.